The van der Waals surface area contributed by atoms with Crippen LogP contribution in [0.15, 0.2) is 16.8 Å². The number of rotatable bonds is 4. The molecule has 0 aliphatic rings. The lowest BCUT2D eigenvalue weighted by molar-refractivity contribution is -0.140. The number of carbonyl (C=O) groups excluding carboxylic acids is 2. The van der Waals surface area contributed by atoms with Crippen LogP contribution >= 0.6 is 11.3 Å². The molecule has 112 valence electrons. The van der Waals surface area contributed by atoms with Crippen molar-refractivity contribution in [2.24, 2.45) is 0 Å². The van der Waals surface area contributed by atoms with Gasteiger partial charge in [0.25, 0.3) is 0 Å². The number of nitrogens with one attached hydrogen (secondary N) is 2. The largest absolute Gasteiger partial charge is 0.346 e. The summed E-state index contributed by atoms with van der Waals surface area (Å²) in [6.45, 7) is 5.92. The first-order chi connectivity index (χ1) is 9.20. The quantitative estimate of drug-likeness (QED) is 0.826. The lowest BCUT2D eigenvalue weighted by atomic mass is 10.1. The van der Waals surface area contributed by atoms with Gasteiger partial charge in [-0.1, -0.05) is 0 Å². The summed E-state index contributed by atoms with van der Waals surface area (Å²) in [6, 6.07) is 2.09. The van der Waals surface area contributed by atoms with Crippen molar-refractivity contribution in [3.05, 3.63) is 22.4 Å². The second-order valence-electron chi connectivity index (χ2n) is 5.95. The van der Waals surface area contributed by atoms with E-state index >= 15 is 0 Å². The third-order valence-corrected chi connectivity index (χ3v) is 3.40. The van der Waals surface area contributed by atoms with Crippen molar-refractivity contribution < 1.29 is 9.59 Å². The molecule has 1 heterocycles. The summed E-state index contributed by atoms with van der Waals surface area (Å²) >= 11 is 1.62. The molecular weight excluding hydrogens is 274 g/mol. The van der Waals surface area contributed by atoms with Gasteiger partial charge >= 0.3 is 11.8 Å². The summed E-state index contributed by atoms with van der Waals surface area (Å²) < 4.78 is 0. The molecule has 5 nitrogen and oxygen atoms in total. The third kappa shape index (κ3) is 5.30. The van der Waals surface area contributed by atoms with Crippen LogP contribution in [0.25, 0.3) is 0 Å². The van der Waals surface area contributed by atoms with Crippen LogP contribution in [-0.4, -0.2) is 42.9 Å². The first-order valence-electron chi connectivity index (χ1n) is 6.49. The molecule has 20 heavy (non-hydrogen) atoms. The van der Waals surface area contributed by atoms with Gasteiger partial charge in [0.2, 0.25) is 0 Å². The average molecular weight is 297 g/mol. The zero-order chi connectivity index (χ0) is 15.3. The van der Waals surface area contributed by atoms with Crippen molar-refractivity contribution >= 4 is 23.2 Å². The van der Waals surface area contributed by atoms with Crippen LogP contribution in [0.2, 0.25) is 0 Å². The van der Waals surface area contributed by atoms with Gasteiger partial charge in [-0.05, 0) is 57.3 Å². The predicted octanol–water partition coefficient (Wildman–Crippen LogP) is 1.38. The second kappa shape index (κ2) is 6.85. The molecule has 0 saturated heterocycles. The number of thiophene rings is 1. The van der Waals surface area contributed by atoms with Crippen molar-refractivity contribution in [1.82, 2.24) is 15.5 Å². The molecule has 0 radical (unpaired) electrons. The Morgan fingerprint density at radius 3 is 2.40 bits per heavy atom. The number of amides is 2. The van der Waals surface area contributed by atoms with Gasteiger partial charge in [-0.3, -0.25) is 9.59 Å². The Morgan fingerprint density at radius 1 is 1.30 bits per heavy atom. The standard InChI is InChI=1S/C14H23N3O2S/c1-14(2,3)16-13(19)12(18)15-8-11(17(4)5)10-6-7-20-9-10/h6-7,9,11H,8H2,1-5H3,(H,15,18)(H,16,19). The first kappa shape index (κ1) is 16.7. The van der Waals surface area contributed by atoms with E-state index in [0.29, 0.717) is 6.54 Å². The van der Waals surface area contributed by atoms with E-state index in [2.05, 4.69) is 10.6 Å². The number of hydrogen-bond acceptors (Lipinski definition) is 4. The predicted molar refractivity (Wildman–Crippen MR) is 81.7 cm³/mol. The molecule has 2 amide bonds. The van der Waals surface area contributed by atoms with Gasteiger partial charge in [0.15, 0.2) is 0 Å². The molecule has 0 bridgehead atoms. The molecule has 0 fully saturated rings. The molecular formula is C14H23N3O2S. The summed E-state index contributed by atoms with van der Waals surface area (Å²) in [5, 5.41) is 9.38. The Labute approximate surface area is 124 Å². The lowest BCUT2D eigenvalue weighted by Gasteiger charge is -2.24. The van der Waals surface area contributed by atoms with E-state index in [0.717, 1.165) is 5.56 Å². The van der Waals surface area contributed by atoms with Crippen LogP contribution < -0.4 is 10.6 Å². The maximum atomic E-state index is 11.8. The molecule has 1 unspecified atom stereocenters. The van der Waals surface area contributed by atoms with E-state index in [9.17, 15) is 9.59 Å². The number of nitrogens with zero attached hydrogens (tertiary/aromatic N) is 1. The van der Waals surface area contributed by atoms with Gasteiger partial charge in [0.05, 0.1) is 6.04 Å². The highest BCUT2D eigenvalue weighted by Gasteiger charge is 2.22. The molecule has 0 saturated carbocycles. The molecule has 0 aromatic carbocycles. The zero-order valence-electron chi connectivity index (χ0n) is 12.7. The van der Waals surface area contributed by atoms with Gasteiger partial charge in [-0.25, -0.2) is 0 Å². The molecule has 0 aliphatic heterocycles. The Hall–Kier alpha value is -1.40. The van der Waals surface area contributed by atoms with Gasteiger partial charge < -0.3 is 15.5 Å². The van der Waals surface area contributed by atoms with Crippen LogP contribution in [0.4, 0.5) is 0 Å². The van der Waals surface area contributed by atoms with Crippen molar-refractivity contribution in [1.29, 1.82) is 0 Å². The van der Waals surface area contributed by atoms with Crippen LogP contribution in [0.3, 0.4) is 0 Å². The zero-order valence-corrected chi connectivity index (χ0v) is 13.5. The van der Waals surface area contributed by atoms with E-state index in [1.807, 2.05) is 56.6 Å². The fraction of sp³-hybridized carbons (Fsp3) is 0.571. The van der Waals surface area contributed by atoms with Crippen molar-refractivity contribution in [3.63, 3.8) is 0 Å². The van der Waals surface area contributed by atoms with Crippen LogP contribution in [0.5, 0.6) is 0 Å². The topological polar surface area (TPSA) is 61.4 Å². The fourth-order valence-corrected chi connectivity index (χ4v) is 2.44. The van der Waals surface area contributed by atoms with E-state index in [4.69, 9.17) is 0 Å². The SMILES string of the molecule is CN(C)C(CNC(=O)C(=O)NC(C)(C)C)c1ccsc1. The highest BCUT2D eigenvalue weighted by molar-refractivity contribution is 7.07. The Balaban J connectivity index is 2.56. The average Bonchev–Trinajstić information content (AvgIpc) is 2.79. The minimum absolute atomic E-state index is 0.0626. The number of carbonyl (C=O) groups is 2. The van der Waals surface area contributed by atoms with Gasteiger partial charge in [-0.15, -0.1) is 0 Å². The maximum Gasteiger partial charge on any atom is 0.309 e. The van der Waals surface area contributed by atoms with Crippen molar-refractivity contribution in [2.75, 3.05) is 20.6 Å². The van der Waals surface area contributed by atoms with Gasteiger partial charge in [0.1, 0.15) is 0 Å². The van der Waals surface area contributed by atoms with E-state index in [1.165, 1.54) is 0 Å². The third-order valence-electron chi connectivity index (χ3n) is 2.70. The molecule has 0 aliphatic carbocycles. The smallest absolute Gasteiger partial charge is 0.309 e. The molecule has 6 heteroatoms. The summed E-state index contributed by atoms with van der Waals surface area (Å²) in [4.78, 5) is 25.5. The molecule has 1 atom stereocenters. The van der Waals surface area contributed by atoms with Crippen LogP contribution in [-0.2, 0) is 9.59 Å². The molecule has 1 rings (SSSR count). The number of likely N-dealkylation sites (N-methyl/N-ethyl adjacent to an activating group) is 1. The molecule has 0 spiro atoms. The van der Waals surface area contributed by atoms with Crippen molar-refractivity contribution in [2.45, 2.75) is 32.4 Å². The van der Waals surface area contributed by atoms with Gasteiger partial charge in [-0.2, -0.15) is 11.3 Å². The fourth-order valence-electron chi connectivity index (χ4n) is 1.73. The maximum absolute atomic E-state index is 11.8. The highest BCUT2D eigenvalue weighted by atomic mass is 32.1. The first-order valence-corrected chi connectivity index (χ1v) is 7.44. The Kier molecular flexibility index (Phi) is 5.71. The Bertz CT molecular complexity index is 449. The normalized spacial score (nSPS) is 13.1. The second-order valence-corrected chi connectivity index (χ2v) is 6.73. The number of hydrogen-bond donors (Lipinski definition) is 2. The van der Waals surface area contributed by atoms with Crippen LogP contribution in [0, 0.1) is 0 Å². The van der Waals surface area contributed by atoms with Crippen molar-refractivity contribution in [3.8, 4) is 0 Å². The van der Waals surface area contributed by atoms with E-state index < -0.39 is 17.4 Å². The monoisotopic (exact) mass is 297 g/mol. The molecule has 1 aromatic heterocycles. The van der Waals surface area contributed by atoms with Gasteiger partial charge in [0, 0.05) is 12.1 Å². The molecule has 1 aromatic rings. The van der Waals surface area contributed by atoms with Crippen LogP contribution in [0.1, 0.15) is 32.4 Å². The molecule has 2 N–H and O–H groups in total. The minimum atomic E-state index is -0.597. The van der Waals surface area contributed by atoms with E-state index in [1.54, 1.807) is 11.3 Å². The summed E-state index contributed by atoms with van der Waals surface area (Å²) in [5.74, 6) is -1.19. The summed E-state index contributed by atoms with van der Waals surface area (Å²) in [5.41, 5.74) is 0.722. The van der Waals surface area contributed by atoms with E-state index in [-0.39, 0.29) is 6.04 Å². The summed E-state index contributed by atoms with van der Waals surface area (Å²) in [6.07, 6.45) is 0. The highest BCUT2D eigenvalue weighted by Crippen LogP contribution is 2.19. The summed E-state index contributed by atoms with van der Waals surface area (Å²) in [7, 11) is 3.90. The lowest BCUT2D eigenvalue weighted by Crippen LogP contribution is -2.49. The minimum Gasteiger partial charge on any atom is -0.346 e. The Morgan fingerprint density at radius 2 is 1.95 bits per heavy atom.